The Balaban J connectivity index is -0.0000000908. The van der Waals surface area contributed by atoms with Gasteiger partial charge in [0.25, 0.3) is 0 Å². The van der Waals surface area contributed by atoms with Gasteiger partial charge < -0.3 is 20.6 Å². The van der Waals surface area contributed by atoms with Gasteiger partial charge in [-0.25, -0.2) is 18.1 Å². The van der Waals surface area contributed by atoms with Crippen LogP contribution in [0.1, 0.15) is 77.6 Å². The first-order chi connectivity index (χ1) is 10.9. The Hall–Kier alpha value is 0.821. The summed E-state index contributed by atoms with van der Waals surface area (Å²) in [6, 6.07) is 0. The summed E-state index contributed by atoms with van der Waals surface area (Å²) in [6.45, 7) is 2.87. The Morgan fingerprint density at radius 1 is 1.04 bits per heavy atom. The number of fused-ring (bicyclic) bond motifs is 1. The van der Waals surface area contributed by atoms with E-state index in [2.05, 4.69) is 31.6 Å². The van der Waals surface area contributed by atoms with Gasteiger partial charge in [-0.2, -0.15) is 6.54 Å². The van der Waals surface area contributed by atoms with E-state index in [-0.39, 0.29) is 39.7 Å². The second-order valence-corrected chi connectivity index (χ2v) is 6.03. The molecule has 0 aromatic rings. The molecule has 1 nitrogen and oxygen atoms in total. The van der Waals surface area contributed by atoms with Crippen LogP contribution in [0.3, 0.4) is 0 Å². The van der Waals surface area contributed by atoms with Crippen molar-refractivity contribution in [1.29, 1.82) is 0 Å². The molecule has 1 atom stereocenters. The molecule has 0 heterocycles. The van der Waals surface area contributed by atoms with Gasteiger partial charge in [0.05, 0.1) is 0 Å². The van der Waals surface area contributed by atoms with Crippen molar-refractivity contribution in [2.75, 3.05) is 6.54 Å². The molecule has 1 fully saturated rings. The van der Waals surface area contributed by atoms with Gasteiger partial charge in [-0.05, 0) is 12.3 Å². The predicted octanol–water partition coefficient (Wildman–Crippen LogP) is 7.49. The topological polar surface area (TPSA) is 23.8 Å². The number of rotatable bonds is 8. The van der Waals surface area contributed by atoms with Gasteiger partial charge in [0, 0.05) is 0 Å². The summed E-state index contributed by atoms with van der Waals surface area (Å²) < 4.78 is 0. The molecule has 0 aromatic carbocycles. The number of hydrogen-bond acceptors (Lipinski definition) is 0. The van der Waals surface area contributed by atoms with E-state index >= 15 is 0 Å². The van der Waals surface area contributed by atoms with Crippen LogP contribution < -0.4 is 0 Å². The van der Waals surface area contributed by atoms with Crippen LogP contribution in [0.15, 0.2) is 23.8 Å². The predicted molar refractivity (Wildman–Crippen MR) is 127 cm³/mol. The van der Waals surface area contributed by atoms with E-state index in [1.165, 1.54) is 64.2 Å². The fourth-order valence-electron chi connectivity index (χ4n) is 2.92. The minimum absolute atomic E-state index is 0. The quantitative estimate of drug-likeness (QED) is 0.205. The Morgan fingerprint density at radius 3 is 2.08 bits per heavy atom. The van der Waals surface area contributed by atoms with Gasteiger partial charge in [0.15, 0.2) is 0 Å². The van der Waals surface area contributed by atoms with Crippen LogP contribution in [0.4, 0.5) is 0 Å². The molecule has 2 rings (SSSR count). The van der Waals surface area contributed by atoms with Crippen LogP contribution in [-0.2, 0) is 19.2 Å². The molecule has 0 bridgehead atoms. The third-order valence-electron chi connectivity index (χ3n) is 4.24. The van der Waals surface area contributed by atoms with Crippen LogP contribution >= 0.6 is 24.8 Å². The van der Waals surface area contributed by atoms with Crippen LogP contribution in [0.5, 0.6) is 0 Å². The van der Waals surface area contributed by atoms with Crippen molar-refractivity contribution in [3.05, 3.63) is 50.8 Å². The molecule has 2 aliphatic rings. The van der Waals surface area contributed by atoms with Crippen LogP contribution in [0.25, 0.3) is 5.73 Å². The van der Waals surface area contributed by atoms with Gasteiger partial charge >= 0.3 is 26.8 Å². The van der Waals surface area contributed by atoms with Gasteiger partial charge in [-0.1, -0.05) is 64.7 Å². The molecule has 1 saturated carbocycles. The van der Waals surface area contributed by atoms with Crippen LogP contribution in [0, 0.1) is 27.2 Å². The Morgan fingerprint density at radius 2 is 1.58 bits per heavy atom. The van der Waals surface area contributed by atoms with Crippen molar-refractivity contribution >= 4 is 32.4 Å². The van der Waals surface area contributed by atoms with Crippen LogP contribution in [-0.4, -0.2) is 14.2 Å². The van der Waals surface area contributed by atoms with E-state index < -0.39 is 0 Å². The Labute approximate surface area is 191 Å². The van der Waals surface area contributed by atoms with Gasteiger partial charge in [-0.3, -0.25) is 0 Å². The summed E-state index contributed by atoms with van der Waals surface area (Å²) in [5.41, 5.74) is 8.53. The zero-order chi connectivity index (χ0) is 16.5. The van der Waals surface area contributed by atoms with E-state index in [0.29, 0.717) is 6.54 Å². The first-order valence-corrected chi connectivity index (χ1v) is 13.1. The Kier molecular flexibility index (Phi) is 44.1. The van der Waals surface area contributed by atoms with Crippen molar-refractivity contribution < 1.29 is 19.2 Å². The third-order valence-corrected chi connectivity index (χ3v) is 4.24. The van der Waals surface area contributed by atoms with E-state index in [0.717, 1.165) is 12.3 Å². The van der Waals surface area contributed by atoms with Crippen molar-refractivity contribution in [1.82, 2.24) is 0 Å². The minimum atomic E-state index is 0. The monoisotopic (exact) mass is 455 g/mol. The second kappa shape index (κ2) is 30.5. The maximum absolute atomic E-state index is 6.95. The molecule has 0 spiro atoms. The van der Waals surface area contributed by atoms with E-state index in [1.807, 2.05) is 26.8 Å². The molecular formula is C21H43Cl2NSiTi-4. The Bertz CT molecular complexity index is 304. The van der Waals surface area contributed by atoms with Crippen molar-refractivity contribution in [3.63, 3.8) is 0 Å². The first-order valence-electron chi connectivity index (χ1n) is 9.08. The average Bonchev–Trinajstić information content (AvgIpc) is 3.05. The molecule has 1 unspecified atom stereocenters. The standard InChI is InChI=1S/C10H22N.C9H11.2CH3.2ClH.H2Si.Ti/c1-2-3-4-5-6-7-8-9-10-11;1-2-5-9-7-3-6-8(9)4-1;;;;;;/h11H,2-10H2,1H3;1-2,4,6,9H,3,5,7H2;2*1H3;2*1H;1H2;/q4*-1;;;;. The summed E-state index contributed by atoms with van der Waals surface area (Å²) in [4.78, 5) is 0. The molecule has 0 saturated heterocycles. The number of unbranched alkanes of at least 4 members (excludes halogenated alkanes) is 7. The van der Waals surface area contributed by atoms with E-state index in [4.69, 9.17) is 5.73 Å². The molecule has 5 heteroatoms. The SMILES string of the molecule is C1=CCC2CC[CH-]C2=C1.CCCCCCCCCC[NH-].Cl.Cl.[CH3-].[CH3-].[SiH2]=[Ti]. The normalized spacial score (nSPS) is 15.3. The van der Waals surface area contributed by atoms with Gasteiger partial charge in [0.2, 0.25) is 0 Å². The summed E-state index contributed by atoms with van der Waals surface area (Å²) in [6.07, 6.45) is 23.7. The third kappa shape index (κ3) is 21.1. The van der Waals surface area contributed by atoms with Gasteiger partial charge in [-0.15, -0.1) is 43.4 Å². The van der Waals surface area contributed by atoms with Crippen LogP contribution in [0.2, 0.25) is 0 Å². The zero-order valence-electron chi connectivity index (χ0n) is 17.4. The number of allylic oxidation sites excluding steroid dienone is 4. The molecule has 1 N–H and O–H groups in total. The van der Waals surface area contributed by atoms with Crippen molar-refractivity contribution in [2.45, 2.75) is 77.6 Å². The summed E-state index contributed by atoms with van der Waals surface area (Å²) in [7, 11) is 1.86. The fourth-order valence-corrected chi connectivity index (χ4v) is 2.92. The molecule has 0 aromatic heterocycles. The molecule has 0 radical (unpaired) electrons. The summed E-state index contributed by atoms with van der Waals surface area (Å²) in [5, 5.41) is 0. The molecule has 0 aliphatic heterocycles. The molecule has 26 heavy (non-hydrogen) atoms. The van der Waals surface area contributed by atoms with Crippen molar-refractivity contribution in [3.8, 4) is 0 Å². The van der Waals surface area contributed by atoms with Crippen molar-refractivity contribution in [2.24, 2.45) is 5.92 Å². The molecule has 2 aliphatic carbocycles. The maximum atomic E-state index is 6.95. The molecule has 0 amide bonds. The number of hydrogen-bond donors (Lipinski definition) is 0. The summed E-state index contributed by atoms with van der Waals surface area (Å²) >= 11 is 2.03. The first kappa shape index (κ1) is 37.6. The molecular weight excluding hydrogens is 413 g/mol. The van der Waals surface area contributed by atoms with Gasteiger partial charge in [0.1, 0.15) is 0 Å². The number of halogens is 2. The fraction of sp³-hybridized carbons (Fsp3) is 0.667. The molecule has 158 valence electrons. The average molecular weight is 456 g/mol. The second-order valence-electron chi connectivity index (χ2n) is 6.03. The zero-order valence-corrected chi connectivity index (χ0v) is 22.0. The summed E-state index contributed by atoms with van der Waals surface area (Å²) in [5.74, 6) is 0.884. The van der Waals surface area contributed by atoms with E-state index in [9.17, 15) is 0 Å². The number of nitrogens with one attached hydrogen (secondary N) is 1. The van der Waals surface area contributed by atoms with E-state index in [1.54, 1.807) is 5.57 Å².